The molecular weight excluding hydrogens is 406 g/mol. The van der Waals surface area contributed by atoms with Crippen LogP contribution < -0.4 is 10.2 Å². The van der Waals surface area contributed by atoms with Crippen molar-refractivity contribution in [2.75, 3.05) is 18.0 Å². The number of halogens is 1. The number of likely N-dealkylation sites (tertiary alicyclic amines) is 1. The first-order valence-electron chi connectivity index (χ1n) is 10.1. The van der Waals surface area contributed by atoms with Gasteiger partial charge in [-0.05, 0) is 45.4 Å². The standard InChI is InChI=1S/C21H24ClN5O3/c1-21(2,3)30-19(28)18-17-10-26(20(29)25-9-13-7-14(25)8-23-13)16-6-12(22)4-5-15(16)27(17)11-24-18/h4-6,11,13-14,23H,7-10H2,1-3H3. The van der Waals surface area contributed by atoms with E-state index in [-0.39, 0.29) is 24.3 Å². The molecule has 0 radical (unpaired) electrons. The Bertz CT molecular complexity index is 1040. The molecule has 9 heteroatoms. The zero-order chi connectivity index (χ0) is 21.2. The van der Waals surface area contributed by atoms with Crippen LogP contribution in [0.3, 0.4) is 0 Å². The minimum atomic E-state index is -0.634. The lowest BCUT2D eigenvalue weighted by Gasteiger charge is -2.36. The topological polar surface area (TPSA) is 79.7 Å². The fourth-order valence-electron chi connectivity index (χ4n) is 4.50. The van der Waals surface area contributed by atoms with Crippen LogP contribution in [0.25, 0.3) is 5.69 Å². The number of carbonyl (C=O) groups is 2. The summed E-state index contributed by atoms with van der Waals surface area (Å²) in [6.07, 6.45) is 2.58. The third-order valence-corrected chi connectivity index (χ3v) is 6.02. The second kappa shape index (κ2) is 6.72. The van der Waals surface area contributed by atoms with Crippen LogP contribution in [-0.4, -0.2) is 57.2 Å². The average Bonchev–Trinajstić information content (AvgIpc) is 3.40. The van der Waals surface area contributed by atoms with Gasteiger partial charge in [0.15, 0.2) is 5.69 Å². The third kappa shape index (κ3) is 3.15. The Morgan fingerprint density at radius 2 is 2.07 bits per heavy atom. The molecule has 30 heavy (non-hydrogen) atoms. The molecule has 1 aromatic heterocycles. The number of fused-ring (bicyclic) bond motifs is 5. The van der Waals surface area contributed by atoms with Gasteiger partial charge >= 0.3 is 12.0 Å². The second-order valence-electron chi connectivity index (χ2n) is 9.06. The van der Waals surface area contributed by atoms with Gasteiger partial charge in [-0.15, -0.1) is 0 Å². The van der Waals surface area contributed by atoms with Gasteiger partial charge in [-0.3, -0.25) is 9.47 Å². The summed E-state index contributed by atoms with van der Waals surface area (Å²) in [6, 6.07) is 5.88. The Balaban J connectivity index is 1.54. The van der Waals surface area contributed by atoms with Crippen molar-refractivity contribution in [1.82, 2.24) is 19.8 Å². The molecule has 3 aliphatic rings. The molecule has 2 unspecified atom stereocenters. The van der Waals surface area contributed by atoms with E-state index in [0.717, 1.165) is 18.7 Å². The number of amides is 2. The number of benzene rings is 1. The number of carbonyl (C=O) groups excluding carboxylic acids is 2. The van der Waals surface area contributed by atoms with Gasteiger partial charge in [0.2, 0.25) is 0 Å². The van der Waals surface area contributed by atoms with Gasteiger partial charge in [-0.1, -0.05) is 11.6 Å². The number of esters is 1. The predicted molar refractivity (Wildman–Crippen MR) is 112 cm³/mol. The number of hydrogen-bond donors (Lipinski definition) is 1. The number of urea groups is 1. The first-order chi connectivity index (χ1) is 14.2. The Hall–Kier alpha value is -2.58. The van der Waals surface area contributed by atoms with Crippen LogP contribution in [0.1, 0.15) is 43.4 Å². The minimum Gasteiger partial charge on any atom is -0.455 e. The Morgan fingerprint density at radius 1 is 1.27 bits per heavy atom. The molecule has 1 aromatic carbocycles. The van der Waals surface area contributed by atoms with E-state index in [1.54, 1.807) is 23.4 Å². The number of nitrogens with one attached hydrogen (secondary N) is 1. The number of imidazole rings is 1. The highest BCUT2D eigenvalue weighted by atomic mass is 35.5. The molecule has 0 aliphatic carbocycles. The van der Waals surface area contributed by atoms with Gasteiger partial charge in [-0.2, -0.15) is 0 Å². The summed E-state index contributed by atoms with van der Waals surface area (Å²) < 4.78 is 7.37. The molecule has 2 saturated heterocycles. The molecule has 8 nitrogen and oxygen atoms in total. The summed E-state index contributed by atoms with van der Waals surface area (Å²) in [5.74, 6) is -0.495. The van der Waals surface area contributed by atoms with Crippen molar-refractivity contribution in [3.8, 4) is 5.69 Å². The number of rotatable bonds is 1. The van der Waals surface area contributed by atoms with E-state index < -0.39 is 11.6 Å². The highest BCUT2D eigenvalue weighted by Crippen LogP contribution is 2.37. The highest BCUT2D eigenvalue weighted by Gasteiger charge is 2.43. The van der Waals surface area contributed by atoms with Crippen LogP contribution in [0, 0.1) is 0 Å². The molecular formula is C21H24ClN5O3. The zero-order valence-electron chi connectivity index (χ0n) is 17.2. The molecule has 2 bridgehead atoms. The van der Waals surface area contributed by atoms with Gasteiger partial charge in [0, 0.05) is 30.2 Å². The Morgan fingerprint density at radius 3 is 2.73 bits per heavy atom. The average molecular weight is 430 g/mol. The van der Waals surface area contributed by atoms with Crippen molar-refractivity contribution >= 4 is 29.3 Å². The SMILES string of the molecule is CC(C)(C)OC(=O)c1ncn2c1CN(C(=O)N1CC3CC1CN3)c1cc(Cl)ccc1-2. The predicted octanol–water partition coefficient (Wildman–Crippen LogP) is 2.97. The number of aromatic nitrogens is 2. The van der Waals surface area contributed by atoms with E-state index in [2.05, 4.69) is 10.3 Å². The molecule has 158 valence electrons. The normalized spacial score (nSPS) is 22.1. The monoisotopic (exact) mass is 429 g/mol. The van der Waals surface area contributed by atoms with E-state index in [1.807, 2.05) is 36.3 Å². The van der Waals surface area contributed by atoms with Gasteiger partial charge in [0.1, 0.15) is 11.9 Å². The molecule has 3 aliphatic heterocycles. The summed E-state index contributed by atoms with van der Waals surface area (Å²) in [6.45, 7) is 7.18. The van der Waals surface area contributed by atoms with E-state index >= 15 is 0 Å². The fourth-order valence-corrected chi connectivity index (χ4v) is 4.67. The van der Waals surface area contributed by atoms with E-state index in [0.29, 0.717) is 29.0 Å². The van der Waals surface area contributed by atoms with Gasteiger partial charge in [0.25, 0.3) is 0 Å². The lowest BCUT2D eigenvalue weighted by Crippen LogP contribution is -2.52. The maximum absolute atomic E-state index is 13.5. The highest BCUT2D eigenvalue weighted by molar-refractivity contribution is 6.31. The molecule has 2 fully saturated rings. The Labute approximate surface area is 179 Å². The van der Waals surface area contributed by atoms with Gasteiger partial charge < -0.3 is 15.0 Å². The summed E-state index contributed by atoms with van der Waals surface area (Å²) in [4.78, 5) is 34.2. The van der Waals surface area contributed by atoms with E-state index in [1.165, 1.54) is 0 Å². The van der Waals surface area contributed by atoms with Crippen molar-refractivity contribution in [2.24, 2.45) is 0 Å². The molecule has 2 atom stereocenters. The van der Waals surface area contributed by atoms with Crippen molar-refractivity contribution in [1.29, 1.82) is 0 Å². The number of anilines is 1. The maximum Gasteiger partial charge on any atom is 0.359 e. The van der Waals surface area contributed by atoms with Gasteiger partial charge in [0.05, 0.1) is 23.6 Å². The minimum absolute atomic E-state index is 0.0740. The Kier molecular flexibility index (Phi) is 4.34. The van der Waals surface area contributed by atoms with E-state index in [9.17, 15) is 9.59 Å². The molecule has 0 spiro atoms. The molecule has 0 saturated carbocycles. The van der Waals surface area contributed by atoms with Crippen molar-refractivity contribution in [2.45, 2.75) is 51.4 Å². The summed E-state index contributed by atoms with van der Waals surface area (Å²) >= 11 is 6.26. The van der Waals surface area contributed by atoms with Crippen LogP contribution in [0.5, 0.6) is 0 Å². The van der Waals surface area contributed by atoms with Crippen molar-refractivity contribution in [3.63, 3.8) is 0 Å². The van der Waals surface area contributed by atoms with Crippen LogP contribution >= 0.6 is 11.6 Å². The molecule has 1 N–H and O–H groups in total. The zero-order valence-corrected chi connectivity index (χ0v) is 17.9. The lowest BCUT2D eigenvalue weighted by molar-refractivity contribution is 0.00619. The molecule has 5 rings (SSSR count). The first-order valence-corrected chi connectivity index (χ1v) is 10.5. The smallest absolute Gasteiger partial charge is 0.359 e. The van der Waals surface area contributed by atoms with Crippen LogP contribution in [0.15, 0.2) is 24.5 Å². The van der Waals surface area contributed by atoms with Crippen LogP contribution in [0.4, 0.5) is 10.5 Å². The number of hydrogen-bond acceptors (Lipinski definition) is 5. The lowest BCUT2D eigenvalue weighted by atomic mass is 10.1. The van der Waals surface area contributed by atoms with E-state index in [4.69, 9.17) is 16.3 Å². The van der Waals surface area contributed by atoms with Gasteiger partial charge in [-0.25, -0.2) is 14.6 Å². The summed E-state index contributed by atoms with van der Waals surface area (Å²) in [7, 11) is 0. The largest absolute Gasteiger partial charge is 0.455 e. The third-order valence-electron chi connectivity index (χ3n) is 5.79. The maximum atomic E-state index is 13.5. The number of ether oxygens (including phenoxy) is 1. The van der Waals surface area contributed by atoms with Crippen LogP contribution in [-0.2, 0) is 11.3 Å². The number of piperazine rings is 1. The van der Waals surface area contributed by atoms with Crippen molar-refractivity contribution < 1.29 is 14.3 Å². The van der Waals surface area contributed by atoms with Crippen LogP contribution in [0.2, 0.25) is 5.02 Å². The number of nitrogens with zero attached hydrogens (tertiary/aromatic N) is 4. The fraction of sp³-hybridized carbons (Fsp3) is 0.476. The first kappa shape index (κ1) is 19.4. The second-order valence-corrected chi connectivity index (χ2v) is 9.50. The summed E-state index contributed by atoms with van der Waals surface area (Å²) in [5.41, 5.74) is 1.70. The van der Waals surface area contributed by atoms with Crippen molar-refractivity contribution in [3.05, 3.63) is 40.9 Å². The molecule has 2 aromatic rings. The quantitative estimate of drug-likeness (QED) is 0.705. The molecule has 4 heterocycles. The molecule has 2 amide bonds. The summed E-state index contributed by atoms with van der Waals surface area (Å²) in [5, 5.41) is 3.97.